The molecule has 0 bridgehead atoms. The van der Waals surface area contributed by atoms with E-state index in [0.29, 0.717) is 6.20 Å². The maximum Gasteiger partial charge on any atom is 0.431 e. The molecule has 0 aromatic carbocycles. The summed E-state index contributed by atoms with van der Waals surface area (Å²) in [6, 6.07) is 0. The minimum atomic E-state index is -5.12. The molecule has 0 unspecified atom stereocenters. The summed E-state index contributed by atoms with van der Waals surface area (Å²) in [5, 5.41) is 0. The molecule has 0 saturated heterocycles. The van der Waals surface area contributed by atoms with E-state index >= 15 is 0 Å². The van der Waals surface area contributed by atoms with Crippen molar-refractivity contribution >= 4 is 5.97 Å². The first kappa shape index (κ1) is 15.1. The number of H-pyrrole nitrogens is 1. The van der Waals surface area contributed by atoms with Crippen LogP contribution >= 0.6 is 0 Å². The van der Waals surface area contributed by atoms with Crippen LogP contribution in [-0.4, -0.2) is 18.1 Å². The maximum atomic E-state index is 12.6. The van der Waals surface area contributed by atoms with E-state index in [1.165, 1.54) is 0 Å². The van der Waals surface area contributed by atoms with Crippen LogP contribution < -0.4 is 5.43 Å². The van der Waals surface area contributed by atoms with Crippen LogP contribution in [0, 0.1) is 0 Å². The Kier molecular flexibility index (Phi) is 4.28. The number of carbonyl (C=O) groups excluding carboxylic acids is 1. The third-order valence-electron chi connectivity index (χ3n) is 2.26. The molecule has 19 heavy (non-hydrogen) atoms. The lowest BCUT2D eigenvalue weighted by molar-refractivity contribution is -0.143. The Morgan fingerprint density at radius 2 is 2.00 bits per heavy atom. The molecule has 106 valence electrons. The van der Waals surface area contributed by atoms with Gasteiger partial charge in [-0.15, -0.1) is 0 Å². The normalized spacial score (nSPS) is 11.7. The van der Waals surface area contributed by atoms with Crippen LogP contribution in [-0.2, 0) is 22.1 Å². The zero-order chi connectivity index (χ0) is 14.8. The van der Waals surface area contributed by atoms with Crippen molar-refractivity contribution in [3.8, 4) is 0 Å². The predicted molar refractivity (Wildman–Crippen MR) is 52.7 cm³/mol. The van der Waals surface area contributed by atoms with Gasteiger partial charge < -0.3 is 9.72 Å². The largest absolute Gasteiger partial charge is 0.469 e. The Bertz CT molecular complexity index is 535. The zero-order valence-electron chi connectivity index (χ0n) is 9.48. The summed E-state index contributed by atoms with van der Waals surface area (Å²) < 4.78 is 66.7. The quantitative estimate of drug-likeness (QED) is 0.683. The van der Waals surface area contributed by atoms with E-state index < -0.39 is 47.2 Å². The van der Waals surface area contributed by atoms with Gasteiger partial charge in [-0.2, -0.15) is 13.2 Å². The molecule has 0 atom stereocenters. The fraction of sp³-hybridized carbons (Fsp3) is 0.400. The van der Waals surface area contributed by atoms with Crippen molar-refractivity contribution in [2.24, 2.45) is 0 Å². The molecule has 0 aliphatic heterocycles. The average Bonchev–Trinajstić information content (AvgIpc) is 2.29. The molecule has 1 heterocycles. The van der Waals surface area contributed by atoms with Crippen molar-refractivity contribution in [3.05, 3.63) is 33.2 Å². The first-order chi connectivity index (χ1) is 8.68. The summed E-state index contributed by atoms with van der Waals surface area (Å²) >= 11 is 0. The van der Waals surface area contributed by atoms with Gasteiger partial charge in [-0.25, -0.2) is 8.78 Å². The number of nitrogens with one attached hydrogen (secondary N) is 1. The van der Waals surface area contributed by atoms with Gasteiger partial charge in [0.2, 0.25) is 0 Å². The summed E-state index contributed by atoms with van der Waals surface area (Å²) in [6.45, 7) is 0. The second kappa shape index (κ2) is 5.37. The molecule has 0 aliphatic carbocycles. The van der Waals surface area contributed by atoms with Gasteiger partial charge in [0.1, 0.15) is 5.69 Å². The fourth-order valence-corrected chi connectivity index (χ4v) is 1.39. The van der Waals surface area contributed by atoms with Gasteiger partial charge in [0.25, 0.3) is 6.43 Å². The number of aromatic nitrogens is 1. The number of esters is 1. The Labute approximate surface area is 103 Å². The standard InChI is InChI=1S/C10H8F5NO3/c1-19-5(17)2-4-3-16-8(10(13,14)15)6(7(4)18)9(11)12/h3,9H,2H2,1H3,(H,16,18). The monoisotopic (exact) mass is 285 g/mol. The number of hydrogen-bond acceptors (Lipinski definition) is 3. The summed E-state index contributed by atoms with van der Waals surface area (Å²) in [5.41, 5.74) is -5.56. The number of halogens is 5. The van der Waals surface area contributed by atoms with E-state index in [4.69, 9.17) is 0 Å². The lowest BCUT2D eigenvalue weighted by Crippen LogP contribution is -2.25. The van der Waals surface area contributed by atoms with Gasteiger partial charge in [-0.3, -0.25) is 9.59 Å². The van der Waals surface area contributed by atoms with Crippen LogP contribution in [0.4, 0.5) is 22.0 Å². The molecule has 1 rings (SSSR count). The SMILES string of the molecule is COC(=O)Cc1c[nH]c(C(F)(F)F)c(C(F)F)c1=O. The Hall–Kier alpha value is -1.93. The molecule has 0 radical (unpaired) electrons. The highest BCUT2D eigenvalue weighted by Gasteiger charge is 2.38. The van der Waals surface area contributed by atoms with Gasteiger partial charge in [-0.1, -0.05) is 0 Å². The van der Waals surface area contributed by atoms with Gasteiger partial charge in [-0.05, 0) is 0 Å². The molecule has 0 amide bonds. The minimum absolute atomic E-state index is 0.518. The van der Waals surface area contributed by atoms with Crippen molar-refractivity contribution in [3.63, 3.8) is 0 Å². The number of methoxy groups -OCH3 is 1. The molecule has 0 spiro atoms. The topological polar surface area (TPSA) is 59.2 Å². The first-order valence-electron chi connectivity index (χ1n) is 4.85. The van der Waals surface area contributed by atoms with E-state index in [2.05, 4.69) is 4.74 Å². The lowest BCUT2D eigenvalue weighted by Gasteiger charge is -2.12. The number of alkyl halides is 5. The number of aromatic amines is 1. The van der Waals surface area contributed by atoms with Crippen molar-refractivity contribution < 1.29 is 31.5 Å². The van der Waals surface area contributed by atoms with Crippen molar-refractivity contribution in [2.75, 3.05) is 7.11 Å². The van der Waals surface area contributed by atoms with Crippen LogP contribution in [0.3, 0.4) is 0 Å². The first-order valence-corrected chi connectivity index (χ1v) is 4.85. The van der Waals surface area contributed by atoms with Crippen LogP contribution in [0.15, 0.2) is 11.0 Å². The fourth-order valence-electron chi connectivity index (χ4n) is 1.39. The van der Waals surface area contributed by atoms with Crippen LogP contribution in [0.2, 0.25) is 0 Å². The van der Waals surface area contributed by atoms with Crippen LogP contribution in [0.25, 0.3) is 0 Å². The second-order valence-electron chi connectivity index (χ2n) is 3.48. The molecule has 1 aromatic heterocycles. The summed E-state index contributed by atoms with van der Waals surface area (Å²) in [5.74, 6) is -0.925. The van der Waals surface area contributed by atoms with E-state index in [1.807, 2.05) is 0 Å². The summed E-state index contributed by atoms with van der Waals surface area (Å²) in [4.78, 5) is 24.0. The van der Waals surface area contributed by atoms with Crippen molar-refractivity contribution in [1.29, 1.82) is 0 Å². The Balaban J connectivity index is 3.40. The highest BCUT2D eigenvalue weighted by atomic mass is 19.4. The van der Waals surface area contributed by atoms with Crippen molar-refractivity contribution in [1.82, 2.24) is 4.98 Å². The molecule has 4 nitrogen and oxygen atoms in total. The van der Waals surface area contributed by atoms with Gasteiger partial charge in [0.05, 0.1) is 19.1 Å². The summed E-state index contributed by atoms with van der Waals surface area (Å²) in [7, 11) is 0.995. The molecular weight excluding hydrogens is 277 g/mol. The molecule has 0 fully saturated rings. The maximum absolute atomic E-state index is 12.6. The van der Waals surface area contributed by atoms with E-state index in [-0.39, 0.29) is 0 Å². The van der Waals surface area contributed by atoms with Crippen LogP contribution in [0.1, 0.15) is 23.2 Å². The molecule has 9 heteroatoms. The zero-order valence-corrected chi connectivity index (χ0v) is 9.48. The predicted octanol–water partition coefficient (Wildman–Crippen LogP) is 2.05. The highest BCUT2D eigenvalue weighted by molar-refractivity contribution is 5.72. The van der Waals surface area contributed by atoms with E-state index in [1.54, 1.807) is 4.98 Å². The number of rotatable bonds is 3. The Morgan fingerprint density at radius 1 is 1.42 bits per heavy atom. The van der Waals surface area contributed by atoms with E-state index in [9.17, 15) is 31.5 Å². The lowest BCUT2D eigenvalue weighted by atomic mass is 10.1. The third kappa shape index (κ3) is 3.30. The van der Waals surface area contributed by atoms with Gasteiger partial charge >= 0.3 is 12.1 Å². The van der Waals surface area contributed by atoms with E-state index in [0.717, 1.165) is 7.11 Å². The molecule has 1 aromatic rings. The summed E-state index contributed by atoms with van der Waals surface area (Å²) in [6.07, 6.45) is -8.84. The number of ether oxygens (including phenoxy) is 1. The van der Waals surface area contributed by atoms with Crippen molar-refractivity contribution in [2.45, 2.75) is 19.0 Å². The number of hydrogen-bond donors (Lipinski definition) is 1. The Morgan fingerprint density at radius 3 is 2.42 bits per heavy atom. The second-order valence-corrected chi connectivity index (χ2v) is 3.48. The highest BCUT2D eigenvalue weighted by Crippen LogP contribution is 2.33. The molecule has 1 N–H and O–H groups in total. The molecular formula is C10H8F5NO3. The van der Waals surface area contributed by atoms with Gasteiger partial charge in [0, 0.05) is 11.8 Å². The average molecular weight is 285 g/mol. The number of pyridine rings is 1. The smallest absolute Gasteiger partial charge is 0.431 e. The van der Waals surface area contributed by atoms with Gasteiger partial charge in [0.15, 0.2) is 5.43 Å². The minimum Gasteiger partial charge on any atom is -0.469 e. The number of carbonyl (C=O) groups is 1. The molecule has 0 aliphatic rings. The van der Waals surface area contributed by atoms with Crippen LogP contribution in [0.5, 0.6) is 0 Å². The third-order valence-corrected chi connectivity index (χ3v) is 2.26. The molecule has 0 saturated carbocycles.